The van der Waals surface area contributed by atoms with E-state index in [2.05, 4.69) is 0 Å². The lowest BCUT2D eigenvalue weighted by molar-refractivity contribution is -0.291. The molecular formula is C15H17ClO8. The molecule has 0 unspecified atom stereocenters. The minimum absolute atomic E-state index is 0.471. The molecule has 8 nitrogen and oxygen atoms in total. The molecule has 2 rings (SSSR count). The van der Waals surface area contributed by atoms with Crippen molar-refractivity contribution in [3.8, 4) is 0 Å². The number of carbonyl (C=O) groups is 1. The molecule has 0 saturated carbocycles. The normalized spacial score (nSPS) is 30.9. The Morgan fingerprint density at radius 3 is 2.33 bits per heavy atom. The third kappa shape index (κ3) is 4.23. The standard InChI is InChI=1S/C15H17ClO8/c16-8-3-1-7(2-4-8)5-9(14(21)22)23-15-13(20)12(19)11(18)10(6-17)24-15/h1-5,10-13,15,17-20H,6H2,(H,21,22)/b9-5+/t10-,11+,12-,13+,15-/m0/s1. The van der Waals surface area contributed by atoms with E-state index in [-0.39, 0.29) is 0 Å². The van der Waals surface area contributed by atoms with Crippen molar-refractivity contribution in [2.75, 3.05) is 6.61 Å². The second kappa shape index (κ2) is 7.93. The van der Waals surface area contributed by atoms with Crippen LogP contribution >= 0.6 is 11.6 Å². The van der Waals surface area contributed by atoms with Crippen LogP contribution in [0.1, 0.15) is 5.56 Å². The van der Waals surface area contributed by atoms with E-state index >= 15 is 0 Å². The van der Waals surface area contributed by atoms with Gasteiger partial charge in [0.15, 0.2) is 0 Å². The average molecular weight is 361 g/mol. The van der Waals surface area contributed by atoms with Gasteiger partial charge in [0.2, 0.25) is 12.0 Å². The number of carboxylic acids is 1. The van der Waals surface area contributed by atoms with Crippen LogP contribution in [0.3, 0.4) is 0 Å². The molecule has 24 heavy (non-hydrogen) atoms. The van der Waals surface area contributed by atoms with E-state index in [0.29, 0.717) is 10.6 Å². The maximum Gasteiger partial charge on any atom is 0.371 e. The van der Waals surface area contributed by atoms with Crippen LogP contribution in [0.4, 0.5) is 0 Å². The Morgan fingerprint density at radius 1 is 1.17 bits per heavy atom. The van der Waals surface area contributed by atoms with Crippen LogP contribution < -0.4 is 0 Å². The van der Waals surface area contributed by atoms with Crippen molar-refractivity contribution in [2.45, 2.75) is 30.7 Å². The highest BCUT2D eigenvalue weighted by molar-refractivity contribution is 6.30. The highest BCUT2D eigenvalue weighted by Gasteiger charge is 2.45. The monoisotopic (exact) mass is 360 g/mol. The maximum absolute atomic E-state index is 11.3. The summed E-state index contributed by atoms with van der Waals surface area (Å²) < 4.78 is 10.2. The molecule has 132 valence electrons. The fraction of sp³-hybridized carbons (Fsp3) is 0.400. The summed E-state index contributed by atoms with van der Waals surface area (Å²) in [6.45, 7) is -0.645. The zero-order valence-electron chi connectivity index (χ0n) is 12.3. The van der Waals surface area contributed by atoms with Gasteiger partial charge >= 0.3 is 5.97 Å². The molecule has 0 amide bonds. The highest BCUT2D eigenvalue weighted by atomic mass is 35.5. The van der Waals surface area contributed by atoms with Crippen LogP contribution in [-0.4, -0.2) is 68.8 Å². The number of hydrogen-bond acceptors (Lipinski definition) is 7. The predicted molar refractivity (Wildman–Crippen MR) is 81.9 cm³/mol. The summed E-state index contributed by atoms with van der Waals surface area (Å²) in [5.74, 6) is -1.98. The summed E-state index contributed by atoms with van der Waals surface area (Å²) in [5, 5.41) is 48.1. The predicted octanol–water partition coefficient (Wildman–Crippen LogP) is -0.418. The Balaban J connectivity index is 2.20. The van der Waals surface area contributed by atoms with Gasteiger partial charge in [0, 0.05) is 5.02 Å². The van der Waals surface area contributed by atoms with E-state index < -0.39 is 49.0 Å². The molecule has 0 bridgehead atoms. The van der Waals surface area contributed by atoms with Gasteiger partial charge in [-0.2, -0.15) is 0 Å². The Morgan fingerprint density at radius 2 is 1.79 bits per heavy atom. The van der Waals surface area contributed by atoms with Crippen LogP contribution in [0.15, 0.2) is 30.0 Å². The molecule has 5 N–H and O–H groups in total. The number of ether oxygens (including phenoxy) is 2. The SMILES string of the molecule is O=C(O)/C(=C\c1ccc(Cl)cc1)O[C@H]1O[C@@H](CO)[C@@H](O)[C@H](O)[C@H]1O. The minimum atomic E-state index is -1.70. The summed E-state index contributed by atoms with van der Waals surface area (Å²) >= 11 is 5.75. The van der Waals surface area contributed by atoms with E-state index in [4.69, 9.17) is 26.2 Å². The fourth-order valence-corrected chi connectivity index (χ4v) is 2.27. The van der Waals surface area contributed by atoms with Crippen molar-refractivity contribution in [1.82, 2.24) is 0 Å². The van der Waals surface area contributed by atoms with Gasteiger partial charge in [-0.1, -0.05) is 23.7 Å². The van der Waals surface area contributed by atoms with Crippen molar-refractivity contribution < 1.29 is 39.8 Å². The van der Waals surface area contributed by atoms with Gasteiger partial charge in [-0.15, -0.1) is 0 Å². The van der Waals surface area contributed by atoms with Crippen LogP contribution in [0, 0.1) is 0 Å². The van der Waals surface area contributed by atoms with Gasteiger partial charge in [0.05, 0.1) is 6.61 Å². The number of carboxylic acid groups (broad SMARTS) is 1. The lowest BCUT2D eigenvalue weighted by Gasteiger charge is -2.39. The molecule has 1 aromatic carbocycles. The van der Waals surface area contributed by atoms with Crippen LogP contribution in [0.2, 0.25) is 5.02 Å². The number of aliphatic hydroxyl groups excluding tert-OH is 4. The number of aliphatic hydroxyl groups is 4. The number of aliphatic carboxylic acids is 1. The molecule has 0 spiro atoms. The van der Waals surface area contributed by atoms with Gasteiger partial charge in [-0.25, -0.2) is 4.79 Å². The Kier molecular flexibility index (Phi) is 6.16. The Bertz CT molecular complexity index is 600. The largest absolute Gasteiger partial charge is 0.475 e. The first kappa shape index (κ1) is 18.7. The Labute approximate surface area is 142 Å². The molecule has 0 aromatic heterocycles. The highest BCUT2D eigenvalue weighted by Crippen LogP contribution is 2.24. The van der Waals surface area contributed by atoms with Gasteiger partial charge in [0.1, 0.15) is 24.4 Å². The van der Waals surface area contributed by atoms with Crippen LogP contribution in [0.5, 0.6) is 0 Å². The van der Waals surface area contributed by atoms with Crippen LogP contribution in [0.25, 0.3) is 6.08 Å². The van der Waals surface area contributed by atoms with E-state index in [9.17, 15) is 25.2 Å². The first-order valence-corrected chi connectivity index (χ1v) is 7.39. The molecule has 1 aliphatic rings. The van der Waals surface area contributed by atoms with E-state index in [1.54, 1.807) is 24.3 Å². The first-order chi connectivity index (χ1) is 11.3. The topological polar surface area (TPSA) is 137 Å². The third-order valence-corrected chi connectivity index (χ3v) is 3.72. The van der Waals surface area contributed by atoms with Crippen molar-refractivity contribution in [1.29, 1.82) is 0 Å². The molecule has 5 atom stereocenters. The second-order valence-electron chi connectivity index (χ2n) is 5.18. The van der Waals surface area contributed by atoms with Crippen molar-refractivity contribution in [3.05, 3.63) is 40.6 Å². The molecule has 0 aliphatic carbocycles. The van der Waals surface area contributed by atoms with Gasteiger partial charge < -0.3 is 35.0 Å². The number of hydrogen-bond donors (Lipinski definition) is 5. The lowest BCUT2D eigenvalue weighted by atomic mass is 9.99. The molecule has 9 heteroatoms. The van der Waals surface area contributed by atoms with Crippen molar-refractivity contribution in [2.24, 2.45) is 0 Å². The zero-order chi connectivity index (χ0) is 17.9. The van der Waals surface area contributed by atoms with Gasteiger partial charge in [-0.05, 0) is 23.8 Å². The number of rotatable bonds is 5. The van der Waals surface area contributed by atoms with Gasteiger partial charge in [0.25, 0.3) is 0 Å². The van der Waals surface area contributed by atoms with E-state index in [0.717, 1.165) is 0 Å². The zero-order valence-corrected chi connectivity index (χ0v) is 13.1. The summed E-state index contributed by atoms with van der Waals surface area (Å²) in [4.78, 5) is 11.3. The molecule has 1 saturated heterocycles. The molecule has 0 radical (unpaired) electrons. The maximum atomic E-state index is 11.3. The fourth-order valence-electron chi connectivity index (χ4n) is 2.15. The molecular weight excluding hydrogens is 344 g/mol. The lowest BCUT2D eigenvalue weighted by Crippen LogP contribution is -2.59. The quantitative estimate of drug-likeness (QED) is 0.353. The summed E-state index contributed by atoms with van der Waals surface area (Å²) in [7, 11) is 0. The van der Waals surface area contributed by atoms with E-state index in [1.807, 2.05) is 0 Å². The third-order valence-electron chi connectivity index (χ3n) is 3.47. The first-order valence-electron chi connectivity index (χ1n) is 7.01. The minimum Gasteiger partial charge on any atom is -0.475 e. The second-order valence-corrected chi connectivity index (χ2v) is 5.62. The summed E-state index contributed by atoms with van der Waals surface area (Å²) in [5.41, 5.74) is 0.474. The van der Waals surface area contributed by atoms with Crippen LogP contribution in [-0.2, 0) is 14.3 Å². The molecule has 1 heterocycles. The van der Waals surface area contributed by atoms with Crippen molar-refractivity contribution >= 4 is 23.6 Å². The smallest absolute Gasteiger partial charge is 0.371 e. The number of halogens is 1. The van der Waals surface area contributed by atoms with E-state index in [1.165, 1.54) is 6.08 Å². The average Bonchev–Trinajstić information content (AvgIpc) is 2.56. The number of benzene rings is 1. The molecule has 1 aliphatic heterocycles. The Hall–Kier alpha value is -1.68. The summed E-state index contributed by atoms with van der Waals surface area (Å²) in [6.07, 6.45) is -6.50. The van der Waals surface area contributed by atoms with Crippen molar-refractivity contribution in [3.63, 3.8) is 0 Å². The molecule has 1 fully saturated rings. The summed E-state index contributed by atoms with van der Waals surface area (Å²) in [6, 6.07) is 6.23. The van der Waals surface area contributed by atoms with Gasteiger partial charge in [-0.3, -0.25) is 0 Å². The molecule has 1 aromatic rings.